The Kier molecular flexibility index (Phi) is 4.33. The zero-order chi connectivity index (χ0) is 16.3. The molecule has 2 heterocycles. The first-order valence-corrected chi connectivity index (χ1v) is 9.27. The van der Waals surface area contributed by atoms with Crippen LogP contribution in [0.1, 0.15) is 0 Å². The Balaban J connectivity index is 1.61. The van der Waals surface area contributed by atoms with Crippen LogP contribution in [0.5, 0.6) is 0 Å². The molecular weight excluding hydrogens is 314 g/mol. The maximum absolute atomic E-state index is 11.2. The van der Waals surface area contributed by atoms with Gasteiger partial charge in [0, 0.05) is 31.9 Å². The van der Waals surface area contributed by atoms with Crippen LogP contribution in [-0.4, -0.2) is 51.0 Å². The number of piperazine rings is 1. The van der Waals surface area contributed by atoms with Gasteiger partial charge >= 0.3 is 0 Å². The summed E-state index contributed by atoms with van der Waals surface area (Å²) in [4.78, 5) is 4.49. The highest BCUT2D eigenvalue weighted by molar-refractivity contribution is 7.92. The number of benzene rings is 1. The Hall–Kier alpha value is -2.35. The first kappa shape index (κ1) is 15.5. The standard InChI is InChI=1S/C15H19N5O2S/c1-23(21,22)18-14-7-8-15(17-16-14)20-11-9-19(10-12-20)13-5-3-2-4-6-13/h2-8H,9-12H2,1H3,(H,16,18). The summed E-state index contributed by atoms with van der Waals surface area (Å²) in [6.45, 7) is 3.52. The third-order valence-electron chi connectivity index (χ3n) is 3.67. The van der Waals surface area contributed by atoms with Crippen LogP contribution < -0.4 is 14.5 Å². The first-order valence-electron chi connectivity index (χ1n) is 7.38. The van der Waals surface area contributed by atoms with Crippen molar-refractivity contribution < 1.29 is 8.42 Å². The van der Waals surface area contributed by atoms with E-state index in [1.54, 1.807) is 12.1 Å². The van der Waals surface area contributed by atoms with E-state index in [4.69, 9.17) is 0 Å². The summed E-state index contributed by atoms with van der Waals surface area (Å²) < 4.78 is 24.6. The van der Waals surface area contributed by atoms with Gasteiger partial charge in [0.15, 0.2) is 11.6 Å². The molecule has 3 rings (SSSR count). The van der Waals surface area contributed by atoms with Crippen molar-refractivity contribution in [2.75, 3.05) is 47.0 Å². The number of rotatable bonds is 4. The Labute approximate surface area is 136 Å². The average molecular weight is 333 g/mol. The van der Waals surface area contributed by atoms with E-state index in [0.29, 0.717) is 0 Å². The van der Waals surface area contributed by atoms with E-state index < -0.39 is 10.0 Å². The molecule has 0 unspecified atom stereocenters. The van der Waals surface area contributed by atoms with Crippen LogP contribution in [0.3, 0.4) is 0 Å². The molecule has 1 aliphatic heterocycles. The van der Waals surface area contributed by atoms with E-state index in [1.807, 2.05) is 18.2 Å². The van der Waals surface area contributed by atoms with Crippen molar-refractivity contribution in [1.29, 1.82) is 0 Å². The lowest BCUT2D eigenvalue weighted by Gasteiger charge is -2.36. The molecule has 122 valence electrons. The monoisotopic (exact) mass is 333 g/mol. The van der Waals surface area contributed by atoms with Crippen LogP contribution in [0.2, 0.25) is 0 Å². The van der Waals surface area contributed by atoms with E-state index in [9.17, 15) is 8.42 Å². The molecule has 0 saturated carbocycles. The van der Waals surface area contributed by atoms with Crippen molar-refractivity contribution in [3.8, 4) is 0 Å². The van der Waals surface area contributed by atoms with Gasteiger partial charge < -0.3 is 9.80 Å². The van der Waals surface area contributed by atoms with Gasteiger partial charge in [-0.1, -0.05) is 18.2 Å². The number of hydrogen-bond acceptors (Lipinski definition) is 6. The molecule has 0 amide bonds. The Morgan fingerprint density at radius 2 is 1.57 bits per heavy atom. The van der Waals surface area contributed by atoms with E-state index in [0.717, 1.165) is 38.3 Å². The third kappa shape index (κ3) is 4.10. The maximum Gasteiger partial charge on any atom is 0.231 e. The number of para-hydroxylation sites is 1. The molecule has 0 aliphatic carbocycles. The van der Waals surface area contributed by atoms with E-state index >= 15 is 0 Å². The topological polar surface area (TPSA) is 78.4 Å². The van der Waals surface area contributed by atoms with Crippen LogP contribution >= 0.6 is 0 Å². The quantitative estimate of drug-likeness (QED) is 0.905. The third-order valence-corrected chi connectivity index (χ3v) is 4.25. The van der Waals surface area contributed by atoms with Crippen molar-refractivity contribution in [3.05, 3.63) is 42.5 Å². The zero-order valence-corrected chi connectivity index (χ0v) is 13.7. The van der Waals surface area contributed by atoms with Crippen LogP contribution in [-0.2, 0) is 10.0 Å². The Morgan fingerprint density at radius 3 is 2.13 bits per heavy atom. The molecule has 0 atom stereocenters. The molecule has 23 heavy (non-hydrogen) atoms. The van der Waals surface area contributed by atoms with Crippen LogP contribution in [0, 0.1) is 0 Å². The van der Waals surface area contributed by atoms with Crippen molar-refractivity contribution in [1.82, 2.24) is 10.2 Å². The normalized spacial score (nSPS) is 15.5. The highest BCUT2D eigenvalue weighted by Gasteiger charge is 2.18. The second-order valence-corrected chi connectivity index (χ2v) is 7.21. The van der Waals surface area contributed by atoms with Gasteiger partial charge in [-0.2, -0.15) is 0 Å². The van der Waals surface area contributed by atoms with Crippen molar-refractivity contribution in [2.24, 2.45) is 0 Å². The molecule has 8 heteroatoms. The first-order chi connectivity index (χ1) is 11.0. The lowest BCUT2D eigenvalue weighted by Crippen LogP contribution is -2.46. The lowest BCUT2D eigenvalue weighted by atomic mass is 10.2. The van der Waals surface area contributed by atoms with Crippen LogP contribution in [0.4, 0.5) is 17.3 Å². The molecular formula is C15H19N5O2S. The average Bonchev–Trinajstić information content (AvgIpc) is 2.55. The van der Waals surface area contributed by atoms with Gasteiger partial charge in [-0.25, -0.2) is 8.42 Å². The highest BCUT2D eigenvalue weighted by Crippen LogP contribution is 2.19. The van der Waals surface area contributed by atoms with E-state index in [-0.39, 0.29) is 5.82 Å². The predicted octanol–water partition coefficient (Wildman–Crippen LogP) is 1.17. The van der Waals surface area contributed by atoms with Crippen molar-refractivity contribution in [2.45, 2.75) is 0 Å². The Bertz CT molecular complexity index is 741. The fourth-order valence-corrected chi connectivity index (χ4v) is 3.06. The predicted molar refractivity (Wildman–Crippen MR) is 91.4 cm³/mol. The largest absolute Gasteiger partial charge is 0.368 e. The SMILES string of the molecule is CS(=O)(=O)Nc1ccc(N2CCN(c3ccccc3)CC2)nn1. The summed E-state index contributed by atoms with van der Waals surface area (Å²) in [7, 11) is -3.33. The van der Waals surface area contributed by atoms with Crippen molar-refractivity contribution >= 4 is 27.3 Å². The fourth-order valence-electron chi connectivity index (χ4n) is 2.57. The van der Waals surface area contributed by atoms with Gasteiger partial charge in [0.05, 0.1) is 6.26 Å². The molecule has 0 spiro atoms. The summed E-state index contributed by atoms with van der Waals surface area (Å²) in [5, 5.41) is 8.04. The molecule has 1 aromatic carbocycles. The smallest absolute Gasteiger partial charge is 0.231 e. The molecule has 1 aliphatic rings. The molecule has 7 nitrogen and oxygen atoms in total. The van der Waals surface area contributed by atoms with Crippen LogP contribution in [0.15, 0.2) is 42.5 Å². The molecule has 1 N–H and O–H groups in total. The fraction of sp³-hybridized carbons (Fsp3) is 0.333. The summed E-state index contributed by atoms with van der Waals surface area (Å²) >= 11 is 0. The van der Waals surface area contributed by atoms with Crippen LogP contribution in [0.25, 0.3) is 0 Å². The second-order valence-electron chi connectivity index (χ2n) is 5.46. The number of aromatic nitrogens is 2. The minimum Gasteiger partial charge on any atom is -0.368 e. The van der Waals surface area contributed by atoms with Gasteiger partial charge in [0.2, 0.25) is 10.0 Å². The molecule has 0 radical (unpaired) electrons. The van der Waals surface area contributed by atoms with Gasteiger partial charge in [-0.05, 0) is 24.3 Å². The molecule has 1 fully saturated rings. The summed E-state index contributed by atoms with van der Waals surface area (Å²) in [5.41, 5.74) is 1.23. The second kappa shape index (κ2) is 6.41. The highest BCUT2D eigenvalue weighted by atomic mass is 32.2. The molecule has 1 aromatic heterocycles. The number of nitrogens with zero attached hydrogens (tertiary/aromatic N) is 4. The summed E-state index contributed by atoms with van der Waals surface area (Å²) in [6.07, 6.45) is 1.09. The minimum absolute atomic E-state index is 0.235. The van der Waals surface area contributed by atoms with Crippen molar-refractivity contribution in [3.63, 3.8) is 0 Å². The number of nitrogens with one attached hydrogen (secondary N) is 1. The lowest BCUT2D eigenvalue weighted by molar-refractivity contribution is 0.606. The zero-order valence-electron chi connectivity index (χ0n) is 12.9. The number of anilines is 3. The van der Waals surface area contributed by atoms with Gasteiger partial charge in [-0.15, -0.1) is 10.2 Å². The van der Waals surface area contributed by atoms with Gasteiger partial charge in [0.25, 0.3) is 0 Å². The van der Waals surface area contributed by atoms with Gasteiger partial charge in [0.1, 0.15) is 0 Å². The molecule has 2 aromatic rings. The molecule has 0 bridgehead atoms. The summed E-state index contributed by atoms with van der Waals surface area (Å²) in [6, 6.07) is 13.7. The van der Waals surface area contributed by atoms with E-state index in [2.05, 4.69) is 36.9 Å². The molecule has 1 saturated heterocycles. The minimum atomic E-state index is -3.33. The van der Waals surface area contributed by atoms with Gasteiger partial charge in [-0.3, -0.25) is 4.72 Å². The number of sulfonamides is 1. The summed E-state index contributed by atoms with van der Waals surface area (Å²) in [5.74, 6) is 0.996. The number of hydrogen-bond donors (Lipinski definition) is 1. The van der Waals surface area contributed by atoms with E-state index in [1.165, 1.54) is 5.69 Å². The maximum atomic E-state index is 11.2. The Morgan fingerprint density at radius 1 is 0.913 bits per heavy atom.